The summed E-state index contributed by atoms with van der Waals surface area (Å²) in [5.74, 6) is 0. The Balaban J connectivity index is 2.64. The molecule has 0 aliphatic carbocycles. The van der Waals surface area contributed by atoms with E-state index in [1.807, 2.05) is 0 Å². The normalized spacial score (nSPS) is 11.8. The largest absolute Gasteiger partial charge is 0.500 e. The summed E-state index contributed by atoms with van der Waals surface area (Å²) in [7, 11) is 2.54. The molecule has 0 saturated heterocycles. The van der Waals surface area contributed by atoms with Gasteiger partial charge >= 0.3 is 8.80 Å². The van der Waals surface area contributed by atoms with Crippen LogP contribution in [0.3, 0.4) is 0 Å². The monoisotopic (exact) mass is 268 g/mol. The molecule has 0 amide bonds. The molecule has 0 fully saturated rings. The average molecular weight is 268 g/mol. The first kappa shape index (κ1) is 15.4. The molecule has 3 nitrogen and oxygen atoms in total. The summed E-state index contributed by atoms with van der Waals surface area (Å²) in [5, 5.41) is 0. The van der Waals surface area contributed by atoms with Gasteiger partial charge < -0.3 is 13.3 Å². The van der Waals surface area contributed by atoms with E-state index in [1.165, 1.54) is 17.5 Å². The van der Waals surface area contributed by atoms with Crippen LogP contribution in [0.15, 0.2) is 24.3 Å². The molecule has 0 atom stereocenters. The average Bonchev–Trinajstić information content (AvgIpc) is 2.42. The Bertz CT molecular complexity index is 342. The highest BCUT2D eigenvalue weighted by atomic mass is 28.4. The van der Waals surface area contributed by atoms with Crippen molar-refractivity contribution < 1.29 is 13.3 Å². The van der Waals surface area contributed by atoms with Crippen LogP contribution in [0.1, 0.15) is 24.5 Å². The SMILES string of the molecule is CCCc1cccc(CC[Si](OC)(OC)OC)c1. The third-order valence-corrected chi connectivity index (χ3v) is 5.91. The highest BCUT2D eigenvalue weighted by molar-refractivity contribution is 6.60. The topological polar surface area (TPSA) is 27.7 Å². The number of hydrogen-bond acceptors (Lipinski definition) is 3. The van der Waals surface area contributed by atoms with Gasteiger partial charge in [0.25, 0.3) is 0 Å². The fourth-order valence-corrected chi connectivity index (χ4v) is 3.79. The summed E-state index contributed by atoms with van der Waals surface area (Å²) in [6.45, 7) is 2.20. The van der Waals surface area contributed by atoms with Crippen molar-refractivity contribution in [3.63, 3.8) is 0 Å². The number of rotatable bonds is 8. The van der Waals surface area contributed by atoms with Gasteiger partial charge in [-0.2, -0.15) is 0 Å². The van der Waals surface area contributed by atoms with Crippen LogP contribution in [-0.4, -0.2) is 30.1 Å². The van der Waals surface area contributed by atoms with Crippen LogP contribution in [0.5, 0.6) is 0 Å². The Hall–Kier alpha value is -0.683. The molecule has 0 heterocycles. The third-order valence-electron chi connectivity index (χ3n) is 3.18. The minimum Gasteiger partial charge on any atom is -0.377 e. The Kier molecular flexibility index (Phi) is 6.57. The van der Waals surface area contributed by atoms with Crippen molar-refractivity contribution in [2.45, 2.75) is 32.2 Å². The molecule has 1 rings (SSSR count). The Labute approximate surface area is 111 Å². The van der Waals surface area contributed by atoms with Crippen molar-refractivity contribution >= 4 is 8.80 Å². The zero-order valence-corrected chi connectivity index (χ0v) is 12.9. The second-order valence-electron chi connectivity index (χ2n) is 4.37. The van der Waals surface area contributed by atoms with Crippen molar-refractivity contribution in [2.75, 3.05) is 21.3 Å². The van der Waals surface area contributed by atoms with Crippen molar-refractivity contribution in [3.8, 4) is 0 Å². The minimum absolute atomic E-state index is 0.812. The van der Waals surface area contributed by atoms with E-state index in [0.29, 0.717) is 0 Å². The van der Waals surface area contributed by atoms with E-state index in [1.54, 1.807) is 21.3 Å². The second-order valence-corrected chi connectivity index (χ2v) is 7.46. The van der Waals surface area contributed by atoms with Crippen molar-refractivity contribution in [2.24, 2.45) is 0 Å². The van der Waals surface area contributed by atoms with Gasteiger partial charge in [0.2, 0.25) is 0 Å². The van der Waals surface area contributed by atoms with Crippen molar-refractivity contribution in [3.05, 3.63) is 35.4 Å². The molecule has 0 N–H and O–H groups in total. The molecule has 0 bridgehead atoms. The van der Waals surface area contributed by atoms with Crippen LogP contribution in [-0.2, 0) is 26.1 Å². The maximum absolute atomic E-state index is 5.43. The molecule has 1 aromatic carbocycles. The maximum atomic E-state index is 5.43. The lowest BCUT2D eigenvalue weighted by Gasteiger charge is -2.24. The molecule has 18 heavy (non-hydrogen) atoms. The number of aryl methyl sites for hydroxylation is 2. The molecular weight excluding hydrogens is 244 g/mol. The lowest BCUT2D eigenvalue weighted by molar-refractivity contribution is 0.123. The van der Waals surface area contributed by atoms with Crippen molar-refractivity contribution in [1.82, 2.24) is 0 Å². The third kappa shape index (κ3) is 4.21. The van der Waals surface area contributed by atoms with Gasteiger partial charge in [-0.3, -0.25) is 0 Å². The van der Waals surface area contributed by atoms with Gasteiger partial charge in [0.1, 0.15) is 0 Å². The highest BCUT2D eigenvalue weighted by Gasteiger charge is 2.37. The molecule has 0 spiro atoms. The first-order valence-corrected chi connectivity index (χ1v) is 8.36. The second kappa shape index (κ2) is 7.69. The van der Waals surface area contributed by atoms with E-state index in [0.717, 1.165) is 18.9 Å². The molecular formula is C14H24O3Si. The van der Waals surface area contributed by atoms with Gasteiger partial charge in [0.05, 0.1) is 0 Å². The Morgan fingerprint density at radius 1 is 0.944 bits per heavy atom. The first-order valence-electron chi connectivity index (χ1n) is 6.43. The van der Waals surface area contributed by atoms with Gasteiger partial charge in [-0.15, -0.1) is 0 Å². The maximum Gasteiger partial charge on any atom is 0.500 e. The summed E-state index contributed by atoms with van der Waals surface area (Å²) in [6, 6.07) is 9.53. The van der Waals surface area contributed by atoms with Gasteiger partial charge in [-0.25, -0.2) is 0 Å². The van der Waals surface area contributed by atoms with Crippen LogP contribution in [0.4, 0.5) is 0 Å². The van der Waals surface area contributed by atoms with Gasteiger partial charge in [0.15, 0.2) is 0 Å². The van der Waals surface area contributed by atoms with E-state index >= 15 is 0 Å². The molecule has 102 valence electrons. The Morgan fingerprint density at radius 2 is 1.50 bits per heavy atom. The van der Waals surface area contributed by atoms with Crippen LogP contribution in [0.2, 0.25) is 6.04 Å². The van der Waals surface area contributed by atoms with E-state index in [-0.39, 0.29) is 0 Å². The van der Waals surface area contributed by atoms with Crippen LogP contribution in [0.25, 0.3) is 0 Å². The quantitative estimate of drug-likeness (QED) is 0.678. The fourth-order valence-electron chi connectivity index (χ4n) is 2.08. The van der Waals surface area contributed by atoms with Gasteiger partial charge in [-0.05, 0) is 24.0 Å². The van der Waals surface area contributed by atoms with Gasteiger partial charge in [0, 0.05) is 27.4 Å². The van der Waals surface area contributed by atoms with E-state index in [9.17, 15) is 0 Å². The predicted molar refractivity (Wildman–Crippen MR) is 75.7 cm³/mol. The molecule has 0 radical (unpaired) electrons. The number of benzene rings is 1. The molecule has 0 aliphatic rings. The standard InChI is InChI=1S/C14H24O3Si/c1-5-7-13-8-6-9-14(12-13)10-11-18(15-2,16-3)17-4/h6,8-9,12H,5,7,10-11H2,1-4H3. The zero-order valence-electron chi connectivity index (χ0n) is 11.9. The molecule has 1 aromatic rings. The lowest BCUT2D eigenvalue weighted by atomic mass is 10.1. The Morgan fingerprint density at radius 3 is 2.00 bits per heavy atom. The minimum atomic E-state index is -2.44. The van der Waals surface area contributed by atoms with E-state index in [2.05, 4.69) is 31.2 Å². The lowest BCUT2D eigenvalue weighted by Crippen LogP contribution is -2.43. The highest BCUT2D eigenvalue weighted by Crippen LogP contribution is 2.17. The van der Waals surface area contributed by atoms with Crippen LogP contribution < -0.4 is 0 Å². The predicted octanol–water partition coefficient (Wildman–Crippen LogP) is 3.06. The first-order chi connectivity index (χ1) is 8.69. The summed E-state index contributed by atoms with van der Waals surface area (Å²) >= 11 is 0. The fraction of sp³-hybridized carbons (Fsp3) is 0.571. The van der Waals surface area contributed by atoms with Crippen LogP contribution in [0, 0.1) is 0 Å². The molecule has 0 unspecified atom stereocenters. The van der Waals surface area contributed by atoms with E-state index in [4.69, 9.17) is 13.3 Å². The smallest absolute Gasteiger partial charge is 0.377 e. The van der Waals surface area contributed by atoms with E-state index < -0.39 is 8.80 Å². The summed E-state index contributed by atoms with van der Waals surface area (Å²) < 4.78 is 16.3. The summed E-state index contributed by atoms with van der Waals surface area (Å²) in [5.41, 5.74) is 2.72. The summed E-state index contributed by atoms with van der Waals surface area (Å²) in [4.78, 5) is 0. The van der Waals surface area contributed by atoms with Crippen molar-refractivity contribution in [1.29, 1.82) is 0 Å². The molecule has 0 aliphatic heterocycles. The molecule has 0 saturated carbocycles. The zero-order chi connectivity index (χ0) is 13.4. The van der Waals surface area contributed by atoms with Crippen LogP contribution >= 0.6 is 0 Å². The molecule has 4 heteroatoms. The van der Waals surface area contributed by atoms with Gasteiger partial charge in [-0.1, -0.05) is 37.6 Å². The number of hydrogen-bond donors (Lipinski definition) is 0. The summed E-state index contributed by atoms with van der Waals surface area (Å²) in [6.07, 6.45) is 3.24. The molecule has 0 aromatic heterocycles.